The second-order valence-corrected chi connectivity index (χ2v) is 5.35. The van der Waals surface area contributed by atoms with Crippen molar-refractivity contribution in [2.24, 2.45) is 0 Å². The second kappa shape index (κ2) is 8.48. The number of aromatic amines is 1. The number of aliphatic carboxylic acids is 1. The lowest BCUT2D eigenvalue weighted by molar-refractivity contribution is -0.192. The molecule has 2 N–H and O–H groups in total. The first-order valence-electron chi connectivity index (χ1n) is 6.51. The number of nitrogens with zero attached hydrogens (tertiary/aromatic N) is 5. The molecule has 1 aliphatic heterocycles. The molecule has 1 aliphatic rings. The molecule has 2 rings (SSSR count). The molecule has 14 heteroatoms. The molecule has 0 aliphatic carbocycles. The first-order chi connectivity index (χ1) is 11.0. The smallest absolute Gasteiger partial charge is 0.475 e. The van der Waals surface area contributed by atoms with E-state index >= 15 is 0 Å². The maximum atomic E-state index is 12.6. The average Bonchev–Trinajstić information content (AvgIpc) is 2.92. The Kier molecular flexibility index (Phi) is 7.23. The van der Waals surface area contributed by atoms with E-state index in [2.05, 4.69) is 25.5 Å². The van der Waals surface area contributed by atoms with Gasteiger partial charge in [-0.1, -0.05) is 5.21 Å². The molecule has 24 heavy (non-hydrogen) atoms. The fourth-order valence-electron chi connectivity index (χ4n) is 1.81. The van der Waals surface area contributed by atoms with Crippen LogP contribution in [0.25, 0.3) is 0 Å². The summed E-state index contributed by atoms with van der Waals surface area (Å²) in [7, 11) is 0. The summed E-state index contributed by atoms with van der Waals surface area (Å²) in [6, 6.07) is 0. The molecule has 138 valence electrons. The van der Waals surface area contributed by atoms with Crippen molar-refractivity contribution in [3.63, 3.8) is 0 Å². The highest BCUT2D eigenvalue weighted by Gasteiger charge is 2.38. The van der Waals surface area contributed by atoms with E-state index in [0.717, 1.165) is 0 Å². The molecule has 1 aromatic heterocycles. The largest absolute Gasteiger partial charge is 0.490 e. The number of carbonyl (C=O) groups is 1. The lowest BCUT2D eigenvalue weighted by Crippen LogP contribution is -2.48. The summed E-state index contributed by atoms with van der Waals surface area (Å²) in [6.45, 7) is 2.72. The summed E-state index contributed by atoms with van der Waals surface area (Å²) in [4.78, 5) is 12.6. The van der Waals surface area contributed by atoms with Gasteiger partial charge in [0.15, 0.2) is 5.82 Å². The number of carboxylic acids is 1. The molecule has 8 nitrogen and oxygen atoms in total. The van der Waals surface area contributed by atoms with Crippen molar-refractivity contribution >= 4 is 17.6 Å². The van der Waals surface area contributed by atoms with E-state index in [1.54, 1.807) is 4.90 Å². The van der Waals surface area contributed by atoms with Crippen LogP contribution in [0.4, 0.5) is 22.0 Å². The van der Waals surface area contributed by atoms with Gasteiger partial charge in [0, 0.05) is 26.2 Å². The Morgan fingerprint density at radius 2 is 1.67 bits per heavy atom. The number of carboxylic acid groups (broad SMARTS) is 1. The van der Waals surface area contributed by atoms with Crippen LogP contribution in [-0.4, -0.2) is 85.8 Å². The zero-order valence-electron chi connectivity index (χ0n) is 12.1. The topological polar surface area (TPSA) is 98.2 Å². The Labute approximate surface area is 137 Å². The van der Waals surface area contributed by atoms with Gasteiger partial charge in [-0.3, -0.25) is 9.80 Å². The van der Waals surface area contributed by atoms with Gasteiger partial charge in [0.2, 0.25) is 0 Å². The SMILES string of the molecule is FC(F)(Cl)CN1CCN(Cc2nn[nH]n2)CC1.O=C(O)C(F)(F)F. The maximum absolute atomic E-state index is 12.6. The van der Waals surface area contributed by atoms with E-state index in [4.69, 9.17) is 21.5 Å². The van der Waals surface area contributed by atoms with Crippen LogP contribution in [0.3, 0.4) is 0 Å². The molecule has 0 spiro atoms. The lowest BCUT2D eigenvalue weighted by Gasteiger charge is -2.34. The normalized spacial score (nSPS) is 17.2. The fourth-order valence-corrected chi connectivity index (χ4v) is 1.98. The summed E-state index contributed by atoms with van der Waals surface area (Å²) in [5, 5.41) is 17.5. The van der Waals surface area contributed by atoms with E-state index in [-0.39, 0.29) is 0 Å². The van der Waals surface area contributed by atoms with Crippen LogP contribution < -0.4 is 0 Å². The second-order valence-electron chi connectivity index (χ2n) is 4.80. The number of hydrogen-bond donors (Lipinski definition) is 2. The van der Waals surface area contributed by atoms with Gasteiger partial charge in [-0.2, -0.15) is 27.2 Å². The molecule has 0 aromatic carbocycles. The van der Waals surface area contributed by atoms with Gasteiger partial charge >= 0.3 is 17.5 Å². The number of alkyl halides is 6. The number of hydrogen-bond acceptors (Lipinski definition) is 6. The highest BCUT2D eigenvalue weighted by molar-refractivity contribution is 6.21. The van der Waals surface area contributed by atoms with Crippen LogP contribution in [0.1, 0.15) is 5.82 Å². The van der Waals surface area contributed by atoms with Crippen LogP contribution in [0.2, 0.25) is 0 Å². The molecule has 0 bridgehead atoms. The molecule has 0 radical (unpaired) electrons. The first kappa shape index (κ1) is 20.4. The van der Waals surface area contributed by atoms with Crippen molar-refractivity contribution in [2.75, 3.05) is 32.7 Å². The van der Waals surface area contributed by atoms with Crippen molar-refractivity contribution in [3.8, 4) is 0 Å². The van der Waals surface area contributed by atoms with Crippen molar-refractivity contribution < 1.29 is 31.9 Å². The van der Waals surface area contributed by atoms with Crippen LogP contribution in [0.15, 0.2) is 0 Å². The van der Waals surface area contributed by atoms with Gasteiger partial charge < -0.3 is 5.11 Å². The third-order valence-corrected chi connectivity index (χ3v) is 2.98. The molecular formula is C10H14ClF5N6O2. The summed E-state index contributed by atoms with van der Waals surface area (Å²) in [6.07, 6.45) is -5.08. The van der Waals surface area contributed by atoms with E-state index < -0.39 is 24.1 Å². The summed E-state index contributed by atoms with van der Waals surface area (Å²) in [5.41, 5.74) is 0. The molecule has 1 aromatic rings. The summed E-state index contributed by atoms with van der Waals surface area (Å²) in [5.74, 6) is -2.14. The summed E-state index contributed by atoms with van der Waals surface area (Å²) >= 11 is 4.90. The number of tetrazole rings is 1. The molecule has 0 unspecified atom stereocenters. The monoisotopic (exact) mass is 380 g/mol. The number of rotatable bonds is 4. The minimum Gasteiger partial charge on any atom is -0.475 e. The molecule has 1 saturated heterocycles. The quantitative estimate of drug-likeness (QED) is 0.588. The number of piperazine rings is 1. The number of nitrogens with one attached hydrogen (secondary N) is 1. The minimum absolute atomic E-state index is 0.398. The van der Waals surface area contributed by atoms with E-state index in [0.29, 0.717) is 38.5 Å². The Morgan fingerprint density at radius 3 is 2.04 bits per heavy atom. The highest BCUT2D eigenvalue weighted by atomic mass is 35.5. The number of aromatic nitrogens is 4. The average molecular weight is 381 g/mol. The van der Waals surface area contributed by atoms with E-state index in [1.165, 1.54) is 0 Å². The summed E-state index contributed by atoms with van der Waals surface area (Å²) < 4.78 is 56.9. The van der Waals surface area contributed by atoms with Gasteiger partial charge in [0.1, 0.15) is 0 Å². The van der Waals surface area contributed by atoms with Crippen LogP contribution in [0.5, 0.6) is 0 Å². The maximum Gasteiger partial charge on any atom is 0.490 e. The van der Waals surface area contributed by atoms with Crippen LogP contribution in [-0.2, 0) is 11.3 Å². The number of halogens is 6. The predicted molar refractivity (Wildman–Crippen MR) is 70.4 cm³/mol. The zero-order valence-corrected chi connectivity index (χ0v) is 12.9. The molecule has 1 fully saturated rings. The highest BCUT2D eigenvalue weighted by Crippen LogP contribution is 2.20. The van der Waals surface area contributed by atoms with Gasteiger partial charge in [0.25, 0.3) is 0 Å². The Balaban J connectivity index is 0.000000351. The van der Waals surface area contributed by atoms with E-state index in [9.17, 15) is 22.0 Å². The van der Waals surface area contributed by atoms with Gasteiger partial charge in [-0.15, -0.1) is 10.2 Å². The first-order valence-corrected chi connectivity index (χ1v) is 6.89. The van der Waals surface area contributed by atoms with Crippen molar-refractivity contribution in [3.05, 3.63) is 5.82 Å². The van der Waals surface area contributed by atoms with Crippen molar-refractivity contribution in [1.82, 2.24) is 30.4 Å². The van der Waals surface area contributed by atoms with Crippen LogP contribution >= 0.6 is 11.6 Å². The number of H-pyrrole nitrogens is 1. The third kappa shape index (κ3) is 8.31. The third-order valence-electron chi connectivity index (χ3n) is 2.86. The Bertz CT molecular complexity index is 501. The Hall–Kier alpha value is -1.60. The minimum atomic E-state index is -5.08. The van der Waals surface area contributed by atoms with Gasteiger partial charge in [0.05, 0.1) is 13.1 Å². The molecular weight excluding hydrogens is 367 g/mol. The molecule has 0 amide bonds. The van der Waals surface area contributed by atoms with E-state index in [1.807, 2.05) is 0 Å². The molecule has 2 heterocycles. The zero-order chi connectivity index (χ0) is 18.4. The molecule has 0 atom stereocenters. The van der Waals surface area contributed by atoms with Gasteiger partial charge in [-0.25, -0.2) is 4.79 Å². The lowest BCUT2D eigenvalue weighted by atomic mass is 10.3. The predicted octanol–water partition coefficient (Wildman–Crippen LogP) is 0.782. The fraction of sp³-hybridized carbons (Fsp3) is 0.800. The van der Waals surface area contributed by atoms with Crippen molar-refractivity contribution in [2.45, 2.75) is 18.1 Å². The molecule has 0 saturated carbocycles. The van der Waals surface area contributed by atoms with Gasteiger partial charge in [-0.05, 0) is 11.6 Å². The standard InChI is InChI=1S/C8H13ClF2N6.C2HF3O2/c9-8(10,11)6-17-3-1-16(2-4-17)5-7-12-14-15-13-7;3-2(4,5)1(6)7/h1-6H2,(H,12,13,14,15);(H,6,7). The van der Waals surface area contributed by atoms with Crippen molar-refractivity contribution in [1.29, 1.82) is 0 Å². The van der Waals surface area contributed by atoms with Crippen LogP contribution in [0, 0.1) is 0 Å². The Morgan fingerprint density at radius 1 is 1.17 bits per heavy atom.